The molecule has 23 heteroatoms. The SMILES string of the molecule is O=C(N[O-])c1cccc(N(SC(F)(Cl)Cl)C(F)(F)F)c1.O=C(N[O-])c1cccc(N(SC(F)(Cl)Cl)C(F)(F)F)c1.[Mn+2]. The van der Waals surface area contributed by atoms with Crippen LogP contribution < -0.4 is 19.6 Å². The van der Waals surface area contributed by atoms with Crippen LogP contribution in [0.2, 0.25) is 0 Å². The number of nitrogens with one attached hydrogen (secondary N) is 2. The van der Waals surface area contributed by atoms with Crippen molar-refractivity contribution in [3.8, 4) is 0 Å². The number of hydrogen-bond acceptors (Lipinski definition) is 8. The van der Waals surface area contributed by atoms with Crippen molar-refractivity contribution in [3.05, 3.63) is 70.1 Å². The van der Waals surface area contributed by atoms with Gasteiger partial charge in [-0.25, -0.2) is 8.61 Å². The molecule has 0 saturated heterocycles. The summed E-state index contributed by atoms with van der Waals surface area (Å²) in [5.41, 5.74) is 0.123. The molecule has 0 aromatic heterocycles. The number of rotatable bonds is 8. The van der Waals surface area contributed by atoms with Crippen LogP contribution in [-0.4, -0.2) is 32.3 Å². The quantitative estimate of drug-likeness (QED) is 0.0699. The molecule has 0 aliphatic heterocycles. The second kappa shape index (κ2) is 16.0. The summed E-state index contributed by atoms with van der Waals surface area (Å²) in [6, 6.07) is 7.77. The average molecular weight is 759 g/mol. The minimum absolute atomic E-state index is 0. The average Bonchev–Trinajstić information content (AvgIpc) is 2.83. The van der Waals surface area contributed by atoms with Gasteiger partial charge in [0, 0.05) is 35.0 Å². The van der Waals surface area contributed by atoms with Gasteiger partial charge in [0.1, 0.15) is 0 Å². The van der Waals surface area contributed by atoms with Crippen LogP contribution in [0, 0.1) is 10.4 Å². The molecule has 2 aromatic rings. The van der Waals surface area contributed by atoms with Gasteiger partial charge in [0.25, 0.3) is 0 Å². The third-order valence-corrected chi connectivity index (χ3v) is 6.16. The molecule has 0 atom stereocenters. The van der Waals surface area contributed by atoms with E-state index in [0.717, 1.165) is 59.5 Å². The van der Waals surface area contributed by atoms with Crippen LogP contribution in [0.25, 0.3) is 0 Å². The molecule has 0 aliphatic carbocycles. The van der Waals surface area contributed by atoms with E-state index in [0.29, 0.717) is 0 Å². The van der Waals surface area contributed by atoms with Gasteiger partial charge < -0.3 is 21.4 Å². The van der Waals surface area contributed by atoms with Gasteiger partial charge >= 0.3 is 37.5 Å². The number of carbonyl (C=O) groups excluding carboxylic acids is 2. The Morgan fingerprint density at radius 2 is 0.951 bits per heavy atom. The standard InChI is InChI=1S/2C9H5Cl2F4N2O2S.Mn/c2*10-8(11,12)20-17(9(13,14)15)6-3-1-2-5(4-6)7(18)16-19;/h2*1-4H,(H-,16,18,19);/q2*-1;+2. The number of alkyl halides is 12. The van der Waals surface area contributed by atoms with Gasteiger partial charge in [-0.15, -0.1) is 26.3 Å². The summed E-state index contributed by atoms with van der Waals surface area (Å²) in [5.74, 6) is -2.27. The molecule has 0 unspecified atom stereocenters. The van der Waals surface area contributed by atoms with Gasteiger partial charge in [0.2, 0.25) is 11.8 Å². The summed E-state index contributed by atoms with van der Waals surface area (Å²) in [7, 11) is 0. The number of benzene rings is 2. The Bertz CT molecular complexity index is 1090. The predicted molar refractivity (Wildman–Crippen MR) is 138 cm³/mol. The number of amides is 2. The van der Waals surface area contributed by atoms with Crippen molar-refractivity contribution in [3.63, 3.8) is 0 Å². The van der Waals surface area contributed by atoms with E-state index in [4.69, 9.17) is 46.4 Å². The normalized spacial score (nSPS) is 11.9. The fourth-order valence-electron chi connectivity index (χ4n) is 2.37. The van der Waals surface area contributed by atoms with Gasteiger partial charge in [0.15, 0.2) is 0 Å². The van der Waals surface area contributed by atoms with Crippen molar-refractivity contribution < 1.29 is 61.8 Å². The maximum absolute atomic E-state index is 13.0. The first-order chi connectivity index (χ1) is 18.1. The molecular weight excluding hydrogens is 749 g/mol. The largest absolute Gasteiger partial charge is 2.00 e. The van der Waals surface area contributed by atoms with E-state index in [9.17, 15) is 55.1 Å². The van der Waals surface area contributed by atoms with Gasteiger partial charge in [0.05, 0.1) is 11.4 Å². The second-order valence-corrected chi connectivity index (χ2v) is 12.1. The summed E-state index contributed by atoms with van der Waals surface area (Å²) in [6.45, 7) is 0. The summed E-state index contributed by atoms with van der Waals surface area (Å²) in [5, 5.41) is 20.4. The number of hydroxylamine groups is 2. The van der Waals surface area contributed by atoms with Crippen molar-refractivity contribution in [2.24, 2.45) is 0 Å². The third-order valence-electron chi connectivity index (χ3n) is 3.72. The second-order valence-electron chi connectivity index (χ2n) is 6.56. The molecule has 2 amide bonds. The van der Waals surface area contributed by atoms with Crippen LogP contribution in [0.5, 0.6) is 0 Å². The first kappa shape index (κ1) is 39.7. The van der Waals surface area contributed by atoms with Crippen LogP contribution in [0.4, 0.5) is 46.5 Å². The maximum Gasteiger partial charge on any atom is 2.00 e. The van der Waals surface area contributed by atoms with E-state index >= 15 is 0 Å². The summed E-state index contributed by atoms with van der Waals surface area (Å²) < 4.78 is 95.5. The van der Waals surface area contributed by atoms with Crippen LogP contribution in [0.3, 0.4) is 0 Å². The van der Waals surface area contributed by atoms with Crippen molar-refractivity contribution in [1.29, 1.82) is 0 Å². The fraction of sp³-hybridized carbons (Fsp3) is 0.222. The molecular formula is C18H10Cl4F8MnN4O4S2. The van der Waals surface area contributed by atoms with Crippen LogP contribution in [-0.2, 0) is 17.1 Å². The minimum Gasteiger partial charge on any atom is -0.759 e. The Morgan fingerprint density at radius 3 is 1.17 bits per heavy atom. The van der Waals surface area contributed by atoms with Crippen molar-refractivity contribution in [2.45, 2.75) is 20.4 Å². The molecule has 2 rings (SSSR count). The maximum atomic E-state index is 13.0. The van der Waals surface area contributed by atoms with Gasteiger partial charge in [-0.1, -0.05) is 58.5 Å². The zero-order valence-electron chi connectivity index (χ0n) is 18.9. The molecule has 2 N–H and O–H groups in total. The number of anilines is 2. The molecule has 2 aromatic carbocycles. The van der Waals surface area contributed by atoms with Crippen LogP contribution in [0.15, 0.2) is 48.5 Å². The predicted octanol–water partition coefficient (Wildman–Crippen LogP) is 7.89. The van der Waals surface area contributed by atoms with Gasteiger partial charge in [-0.3, -0.25) is 9.59 Å². The smallest absolute Gasteiger partial charge is 0.759 e. The monoisotopic (exact) mass is 757 g/mol. The van der Waals surface area contributed by atoms with E-state index < -0.39 is 76.1 Å². The zero-order valence-corrected chi connectivity index (χ0v) is 24.7. The topological polar surface area (TPSA) is 111 Å². The van der Waals surface area contributed by atoms with Crippen LogP contribution in [0.1, 0.15) is 20.7 Å². The molecule has 0 heterocycles. The van der Waals surface area contributed by atoms with E-state index in [1.54, 1.807) is 0 Å². The molecule has 1 radical (unpaired) electrons. The Hall–Kier alpha value is -1.28. The van der Waals surface area contributed by atoms with Crippen LogP contribution >= 0.6 is 70.3 Å². The Labute approximate surface area is 264 Å². The molecule has 0 spiro atoms. The third kappa shape index (κ3) is 14.2. The van der Waals surface area contributed by atoms with E-state index in [1.165, 1.54) is 0 Å². The summed E-state index contributed by atoms with van der Waals surface area (Å²) >= 11 is 18.5. The Balaban J connectivity index is 0.000000762. The van der Waals surface area contributed by atoms with E-state index in [-0.39, 0.29) is 28.2 Å². The number of hydrogen-bond donors (Lipinski definition) is 2. The van der Waals surface area contributed by atoms with Crippen molar-refractivity contribution >= 4 is 93.5 Å². The Morgan fingerprint density at radius 1 is 0.659 bits per heavy atom. The van der Waals surface area contributed by atoms with Crippen molar-refractivity contribution in [1.82, 2.24) is 11.0 Å². The van der Waals surface area contributed by atoms with E-state index in [1.807, 2.05) is 0 Å². The fourth-order valence-corrected chi connectivity index (χ4v) is 4.26. The molecule has 8 nitrogen and oxygen atoms in total. The first-order valence-corrected chi connectivity index (χ1v) is 12.5. The molecule has 0 saturated carbocycles. The van der Waals surface area contributed by atoms with E-state index in [2.05, 4.69) is 0 Å². The molecule has 0 bridgehead atoms. The van der Waals surface area contributed by atoms with Gasteiger partial charge in [-0.2, -0.15) is 8.78 Å². The number of halogens is 12. The minimum atomic E-state index is -5.02. The first-order valence-electron chi connectivity index (χ1n) is 9.39. The Kier molecular flexibility index (Phi) is 15.5. The zero-order chi connectivity index (χ0) is 31.1. The van der Waals surface area contributed by atoms with Crippen molar-refractivity contribution in [2.75, 3.05) is 8.61 Å². The summed E-state index contributed by atoms with van der Waals surface area (Å²) in [4.78, 5) is 22.1. The number of carbonyl (C=O) groups is 2. The molecule has 229 valence electrons. The molecule has 0 aliphatic rings. The number of nitrogens with zero attached hydrogens (tertiary/aromatic N) is 2. The molecule has 41 heavy (non-hydrogen) atoms. The molecule has 0 fully saturated rings. The van der Waals surface area contributed by atoms with Gasteiger partial charge in [-0.05, 0) is 36.4 Å². The summed E-state index contributed by atoms with van der Waals surface area (Å²) in [6.07, 6.45) is -10.0.